The maximum Gasteiger partial charge on any atom is 0.282 e. The zero-order chi connectivity index (χ0) is 21.5. The predicted octanol–water partition coefficient (Wildman–Crippen LogP) is 3.57. The van der Waals surface area contributed by atoms with Crippen molar-refractivity contribution in [1.82, 2.24) is 20.2 Å². The fourth-order valence-electron chi connectivity index (χ4n) is 2.68. The van der Waals surface area contributed by atoms with Crippen molar-refractivity contribution in [1.29, 1.82) is 0 Å². The minimum atomic E-state index is -4.12. The van der Waals surface area contributed by atoms with Gasteiger partial charge in [-0.1, -0.05) is 47.5 Å². The van der Waals surface area contributed by atoms with Gasteiger partial charge < -0.3 is 0 Å². The molecule has 0 radical (unpaired) electrons. The molecule has 1 aliphatic rings. The molecule has 30 heavy (non-hydrogen) atoms. The van der Waals surface area contributed by atoms with Crippen molar-refractivity contribution in [3.8, 4) is 0 Å². The first-order valence-electron chi connectivity index (χ1n) is 8.32. The molecule has 8 nitrogen and oxygen atoms in total. The van der Waals surface area contributed by atoms with E-state index in [9.17, 15) is 13.2 Å². The minimum absolute atomic E-state index is 0.0960. The molecule has 2 aromatic carbocycles. The second kappa shape index (κ2) is 7.95. The van der Waals surface area contributed by atoms with Crippen LogP contribution in [0.15, 0.2) is 67.9 Å². The van der Waals surface area contributed by atoms with Crippen molar-refractivity contribution in [2.24, 2.45) is 11.4 Å². The van der Waals surface area contributed by atoms with Gasteiger partial charge in [-0.2, -0.15) is 12.8 Å². The molecule has 0 atom stereocenters. The molecule has 0 saturated heterocycles. The second-order valence-electron chi connectivity index (χ2n) is 6.10. The van der Waals surface area contributed by atoms with Crippen molar-refractivity contribution in [2.75, 3.05) is 0 Å². The van der Waals surface area contributed by atoms with E-state index >= 15 is 0 Å². The van der Waals surface area contributed by atoms with Crippen LogP contribution in [0.5, 0.6) is 0 Å². The third kappa shape index (κ3) is 3.91. The molecule has 0 aliphatic heterocycles. The zero-order valence-electron chi connectivity index (χ0n) is 15.2. The Morgan fingerprint density at radius 3 is 2.47 bits per heavy atom. The number of carbonyl (C=O) groups is 1. The summed E-state index contributed by atoms with van der Waals surface area (Å²) >= 11 is 12.9. The van der Waals surface area contributed by atoms with Crippen molar-refractivity contribution < 1.29 is 13.2 Å². The molecule has 0 amide bonds. The van der Waals surface area contributed by atoms with E-state index < -0.39 is 10.0 Å². The first kappa shape index (κ1) is 20.7. The van der Waals surface area contributed by atoms with E-state index in [1.165, 1.54) is 29.0 Å². The topological polar surface area (TPSA) is 107 Å². The van der Waals surface area contributed by atoms with Crippen LogP contribution in [0.25, 0.3) is 0 Å². The molecule has 12 heteroatoms. The number of allylic oxidation sites excluding steroid dienone is 2. The Kier molecular flexibility index (Phi) is 5.49. The summed E-state index contributed by atoms with van der Waals surface area (Å²) < 4.78 is 31.2. The van der Waals surface area contributed by atoms with Crippen LogP contribution in [0, 0.1) is 0 Å². The molecule has 0 fully saturated rings. The first-order valence-corrected chi connectivity index (χ1v) is 11.3. The van der Waals surface area contributed by atoms with E-state index in [2.05, 4.69) is 19.9 Å². The lowest BCUT2D eigenvalue weighted by Gasteiger charge is -2.16. The third-order valence-corrected chi connectivity index (χ3v) is 7.21. The minimum Gasteiger partial charge on any atom is -0.288 e. The second-order valence-corrected chi connectivity index (χ2v) is 9.53. The number of benzene rings is 2. The van der Waals surface area contributed by atoms with Crippen molar-refractivity contribution in [3.63, 3.8) is 0 Å². The fraction of sp³-hybridized carbons (Fsp3) is 0.0556. The Morgan fingerprint density at radius 1 is 1.07 bits per heavy atom. The molecular formula is C18H11Cl2N5O3S2. The zero-order valence-corrected chi connectivity index (χ0v) is 18.3. The van der Waals surface area contributed by atoms with Gasteiger partial charge in [0.15, 0.2) is 0 Å². The van der Waals surface area contributed by atoms with E-state index in [0.717, 1.165) is 11.8 Å². The molecular weight excluding hydrogens is 469 g/mol. The van der Waals surface area contributed by atoms with Gasteiger partial charge in [-0.05, 0) is 46.5 Å². The number of sulfonamides is 1. The fourth-order valence-corrected chi connectivity index (χ4v) is 4.88. The number of thioether (sulfide) groups is 1. The Morgan fingerprint density at radius 2 is 1.80 bits per heavy atom. The summed E-state index contributed by atoms with van der Waals surface area (Å²) in [5, 5.41) is 11.8. The summed E-state index contributed by atoms with van der Waals surface area (Å²) in [5.41, 5.74) is 0.862. The van der Waals surface area contributed by atoms with Crippen molar-refractivity contribution in [3.05, 3.63) is 74.6 Å². The van der Waals surface area contributed by atoms with E-state index in [1.54, 1.807) is 31.3 Å². The average Bonchev–Trinajstić information content (AvgIpc) is 3.12. The molecule has 0 bridgehead atoms. The summed E-state index contributed by atoms with van der Waals surface area (Å²) in [5.74, 6) is -0.274. The van der Waals surface area contributed by atoms with Crippen LogP contribution in [0.2, 0.25) is 10.0 Å². The molecule has 0 spiro atoms. The average molecular weight is 480 g/mol. The highest BCUT2D eigenvalue weighted by Crippen LogP contribution is 2.33. The highest BCUT2D eigenvalue weighted by molar-refractivity contribution is 8.04. The summed E-state index contributed by atoms with van der Waals surface area (Å²) in [6.45, 7) is 0. The number of fused-ring (bicyclic) bond motifs is 1. The molecule has 1 aromatic heterocycles. The van der Waals surface area contributed by atoms with Gasteiger partial charge in [0.05, 0.1) is 25.6 Å². The number of ketones is 1. The number of halogens is 2. The van der Waals surface area contributed by atoms with Gasteiger partial charge in [-0.25, -0.2) is 4.68 Å². The lowest BCUT2D eigenvalue weighted by Crippen LogP contribution is -2.17. The van der Waals surface area contributed by atoms with Crippen molar-refractivity contribution >= 4 is 56.5 Å². The van der Waals surface area contributed by atoms with E-state index in [1.807, 2.05) is 0 Å². The predicted molar refractivity (Wildman–Crippen MR) is 114 cm³/mol. The number of aromatic nitrogens is 4. The SMILES string of the molecule is Cn1nnnc1SC1=C/C(=N\S(=O)(=O)c2ccc(Cl)c(Cl)c2)c2ccccc2C1=O. The van der Waals surface area contributed by atoms with Crippen LogP contribution in [0.1, 0.15) is 15.9 Å². The maximum atomic E-state index is 12.9. The summed E-state index contributed by atoms with van der Waals surface area (Å²) in [4.78, 5) is 13.0. The van der Waals surface area contributed by atoms with Gasteiger partial charge >= 0.3 is 0 Å². The standard InChI is InChI=1S/C18H11Cl2N5O3S2/c1-25-18(21-23-24-25)29-16-9-15(11-4-2-3-5-12(11)17(16)26)22-30(27,28)10-6-7-13(19)14(20)8-10/h2-9H,1H3/b22-15+. The van der Waals surface area contributed by atoms with Gasteiger partial charge in [0.25, 0.3) is 10.0 Å². The Bertz CT molecular complexity index is 1350. The highest BCUT2D eigenvalue weighted by Gasteiger charge is 2.28. The van der Waals surface area contributed by atoms with E-state index in [0.29, 0.717) is 16.3 Å². The lowest BCUT2D eigenvalue weighted by molar-refractivity contribution is 0.104. The lowest BCUT2D eigenvalue weighted by atomic mass is 9.94. The molecule has 3 aromatic rings. The Balaban J connectivity index is 1.84. The van der Waals surface area contributed by atoms with Gasteiger partial charge in [-0.15, -0.1) is 5.10 Å². The number of rotatable bonds is 4. The van der Waals surface area contributed by atoms with E-state index in [4.69, 9.17) is 23.2 Å². The summed E-state index contributed by atoms with van der Waals surface area (Å²) in [6.07, 6.45) is 1.42. The molecule has 1 aliphatic carbocycles. The molecule has 0 unspecified atom stereocenters. The van der Waals surface area contributed by atoms with Gasteiger partial charge in [0.2, 0.25) is 10.9 Å². The number of hydrogen-bond acceptors (Lipinski definition) is 7. The van der Waals surface area contributed by atoms with E-state index in [-0.39, 0.29) is 31.3 Å². The number of carbonyl (C=O) groups excluding carboxylic acids is 1. The highest BCUT2D eigenvalue weighted by atomic mass is 35.5. The maximum absolute atomic E-state index is 12.9. The number of Topliss-reactive ketones (excluding diaryl/α,β-unsaturated/α-hetero) is 1. The molecule has 0 N–H and O–H groups in total. The number of nitrogens with zero attached hydrogens (tertiary/aromatic N) is 5. The number of aryl methyl sites for hydroxylation is 1. The van der Waals surface area contributed by atoms with Gasteiger partial charge in [0.1, 0.15) is 0 Å². The van der Waals surface area contributed by atoms with Crippen molar-refractivity contribution in [2.45, 2.75) is 10.1 Å². The number of tetrazole rings is 1. The molecule has 1 heterocycles. The van der Waals surface area contributed by atoms with Crippen LogP contribution in [-0.4, -0.2) is 40.1 Å². The normalized spacial score (nSPS) is 15.2. The van der Waals surface area contributed by atoms with Gasteiger partial charge in [-0.3, -0.25) is 4.79 Å². The summed E-state index contributed by atoms with van der Waals surface area (Å²) in [7, 11) is -2.49. The largest absolute Gasteiger partial charge is 0.288 e. The van der Waals surface area contributed by atoms with Gasteiger partial charge in [0, 0.05) is 18.2 Å². The third-order valence-electron chi connectivity index (χ3n) is 4.13. The summed E-state index contributed by atoms with van der Waals surface area (Å²) in [6, 6.07) is 10.6. The smallest absolute Gasteiger partial charge is 0.282 e. The quantitative estimate of drug-likeness (QED) is 0.562. The van der Waals surface area contributed by atoms with Crippen LogP contribution in [0.4, 0.5) is 0 Å². The van der Waals surface area contributed by atoms with Crippen LogP contribution in [0.3, 0.4) is 0 Å². The number of hydrogen-bond donors (Lipinski definition) is 0. The first-order chi connectivity index (χ1) is 14.3. The molecule has 0 saturated carbocycles. The Labute approximate surface area is 185 Å². The van der Waals surface area contributed by atoms with Crippen LogP contribution < -0.4 is 0 Å². The van der Waals surface area contributed by atoms with Crippen LogP contribution in [-0.2, 0) is 17.1 Å². The van der Waals surface area contributed by atoms with Crippen LogP contribution >= 0.6 is 35.0 Å². The molecule has 152 valence electrons. The molecule has 4 rings (SSSR count). The Hall–Kier alpha value is -2.53. The monoisotopic (exact) mass is 479 g/mol.